The first-order valence-corrected chi connectivity index (χ1v) is 12.8. The van der Waals surface area contributed by atoms with Gasteiger partial charge >= 0.3 is 6.03 Å². The van der Waals surface area contributed by atoms with E-state index < -0.39 is 9.84 Å². The predicted octanol–water partition coefficient (Wildman–Crippen LogP) is 1.04. The van der Waals surface area contributed by atoms with Crippen LogP contribution >= 0.6 is 0 Å². The second kappa shape index (κ2) is 8.09. The molecule has 1 aromatic rings. The molecule has 2 aliphatic heterocycles. The lowest BCUT2D eigenvalue weighted by Crippen LogP contribution is -2.54. The van der Waals surface area contributed by atoms with E-state index in [2.05, 4.69) is 48.6 Å². The third-order valence-corrected chi connectivity index (χ3v) is 8.99. The number of carbonyl (C=O) groups excluding carboxylic acids is 2. The number of sulfone groups is 1. The Morgan fingerprint density at radius 1 is 1.06 bits per heavy atom. The third kappa shape index (κ3) is 4.30. The summed E-state index contributed by atoms with van der Waals surface area (Å²) in [6.07, 6.45) is 3.54. The van der Waals surface area contributed by atoms with Gasteiger partial charge < -0.3 is 15.1 Å². The fourth-order valence-electron chi connectivity index (χ4n) is 5.30. The SMILES string of the molecule is CN(C)[C@]1(c2ccccc2)CC[C@@]2(CC1)CN(CC(=O)N1CCS(=O)(=O)CC1)C(=O)N2. The van der Waals surface area contributed by atoms with Crippen LogP contribution in [0.1, 0.15) is 31.2 Å². The van der Waals surface area contributed by atoms with Crippen LogP contribution in [0.15, 0.2) is 30.3 Å². The van der Waals surface area contributed by atoms with E-state index in [0.717, 1.165) is 25.7 Å². The summed E-state index contributed by atoms with van der Waals surface area (Å²) < 4.78 is 23.2. The van der Waals surface area contributed by atoms with Gasteiger partial charge in [0.1, 0.15) is 6.54 Å². The molecule has 0 aromatic heterocycles. The van der Waals surface area contributed by atoms with E-state index in [4.69, 9.17) is 0 Å². The minimum atomic E-state index is -3.04. The summed E-state index contributed by atoms with van der Waals surface area (Å²) in [5.74, 6) is -0.174. The van der Waals surface area contributed by atoms with Crippen LogP contribution in [0.4, 0.5) is 4.79 Å². The number of nitrogens with zero attached hydrogens (tertiary/aromatic N) is 3. The van der Waals surface area contributed by atoms with E-state index in [9.17, 15) is 18.0 Å². The molecule has 3 fully saturated rings. The minimum Gasteiger partial charge on any atom is -0.339 e. The van der Waals surface area contributed by atoms with E-state index in [1.54, 1.807) is 9.80 Å². The standard InChI is InChI=1S/C22H32N4O4S/c1-24(2)22(18-6-4-3-5-7-18)10-8-21(9-11-22)17-26(20(28)23-21)16-19(27)25-12-14-31(29,30)15-13-25/h3-7H,8-17H2,1-2H3,(H,23,28)/t21-,22-. The Kier molecular flexibility index (Phi) is 5.76. The average molecular weight is 449 g/mol. The zero-order valence-electron chi connectivity index (χ0n) is 18.3. The highest BCUT2D eigenvalue weighted by molar-refractivity contribution is 7.91. The molecule has 0 unspecified atom stereocenters. The van der Waals surface area contributed by atoms with Crippen molar-refractivity contribution in [3.8, 4) is 0 Å². The van der Waals surface area contributed by atoms with Crippen LogP contribution in [0.2, 0.25) is 0 Å². The number of urea groups is 1. The van der Waals surface area contributed by atoms with Gasteiger partial charge in [-0.05, 0) is 45.3 Å². The Hall–Kier alpha value is -2.13. The largest absolute Gasteiger partial charge is 0.339 e. The van der Waals surface area contributed by atoms with Gasteiger partial charge in [-0.15, -0.1) is 0 Å². The zero-order chi connectivity index (χ0) is 22.3. The Morgan fingerprint density at radius 2 is 1.68 bits per heavy atom. The molecule has 1 N–H and O–H groups in total. The Balaban J connectivity index is 1.40. The normalized spacial score (nSPS) is 30.6. The summed E-state index contributed by atoms with van der Waals surface area (Å²) in [5.41, 5.74) is 0.933. The van der Waals surface area contributed by atoms with Gasteiger partial charge in [0, 0.05) is 25.2 Å². The molecule has 4 rings (SSSR count). The third-order valence-electron chi connectivity index (χ3n) is 7.38. The molecular weight excluding hydrogens is 416 g/mol. The van der Waals surface area contributed by atoms with Crippen LogP contribution in [-0.2, 0) is 20.2 Å². The maximum absolute atomic E-state index is 12.7. The minimum absolute atomic E-state index is 0.000970. The van der Waals surface area contributed by atoms with Gasteiger partial charge in [-0.1, -0.05) is 30.3 Å². The second-order valence-corrected chi connectivity index (χ2v) is 11.7. The van der Waals surface area contributed by atoms with Gasteiger partial charge in [-0.2, -0.15) is 0 Å². The molecular formula is C22H32N4O4S. The highest BCUT2D eigenvalue weighted by atomic mass is 32.2. The van der Waals surface area contributed by atoms with E-state index >= 15 is 0 Å². The zero-order valence-corrected chi connectivity index (χ0v) is 19.2. The number of amides is 3. The van der Waals surface area contributed by atoms with Crippen LogP contribution < -0.4 is 5.32 Å². The first-order chi connectivity index (χ1) is 14.6. The molecule has 3 aliphatic rings. The summed E-state index contributed by atoms with van der Waals surface area (Å²) in [6, 6.07) is 10.3. The number of rotatable bonds is 4. The molecule has 31 heavy (non-hydrogen) atoms. The highest BCUT2D eigenvalue weighted by Gasteiger charge is 2.50. The Bertz CT molecular complexity index is 926. The lowest BCUT2D eigenvalue weighted by Gasteiger charge is -2.48. The second-order valence-electron chi connectivity index (χ2n) is 9.39. The van der Waals surface area contributed by atoms with Crippen LogP contribution in [0, 0.1) is 0 Å². The van der Waals surface area contributed by atoms with Gasteiger partial charge in [-0.25, -0.2) is 13.2 Å². The fraction of sp³-hybridized carbons (Fsp3) is 0.636. The maximum Gasteiger partial charge on any atom is 0.318 e. The maximum atomic E-state index is 12.7. The molecule has 1 aliphatic carbocycles. The van der Waals surface area contributed by atoms with Crippen molar-refractivity contribution in [3.63, 3.8) is 0 Å². The average Bonchev–Trinajstić information content (AvgIpc) is 3.03. The summed E-state index contributed by atoms with van der Waals surface area (Å²) in [7, 11) is 1.18. The van der Waals surface area contributed by atoms with E-state index in [-0.39, 0.29) is 54.2 Å². The molecule has 3 amide bonds. The molecule has 0 bridgehead atoms. The van der Waals surface area contributed by atoms with Crippen molar-refractivity contribution >= 4 is 21.8 Å². The summed E-state index contributed by atoms with van der Waals surface area (Å²) in [6.45, 7) is 0.946. The number of benzene rings is 1. The van der Waals surface area contributed by atoms with Crippen molar-refractivity contribution in [2.45, 2.75) is 36.8 Å². The molecule has 1 saturated carbocycles. The molecule has 0 atom stereocenters. The monoisotopic (exact) mass is 448 g/mol. The van der Waals surface area contributed by atoms with Crippen molar-refractivity contribution in [2.75, 3.05) is 51.8 Å². The fourth-order valence-corrected chi connectivity index (χ4v) is 6.50. The number of carbonyl (C=O) groups is 2. The van der Waals surface area contributed by atoms with Gasteiger partial charge in [0.2, 0.25) is 5.91 Å². The Morgan fingerprint density at radius 3 is 2.26 bits per heavy atom. The van der Waals surface area contributed by atoms with Crippen LogP contribution in [-0.4, -0.2) is 92.4 Å². The van der Waals surface area contributed by atoms with Crippen molar-refractivity contribution in [1.82, 2.24) is 20.0 Å². The molecule has 8 nitrogen and oxygen atoms in total. The van der Waals surface area contributed by atoms with Crippen molar-refractivity contribution in [2.24, 2.45) is 0 Å². The van der Waals surface area contributed by atoms with Gasteiger partial charge in [-0.3, -0.25) is 9.69 Å². The summed E-state index contributed by atoms with van der Waals surface area (Å²) in [5, 5.41) is 3.17. The molecule has 170 valence electrons. The van der Waals surface area contributed by atoms with Gasteiger partial charge in [0.05, 0.1) is 17.0 Å². The Labute approximate surface area is 184 Å². The lowest BCUT2D eigenvalue weighted by atomic mass is 9.69. The van der Waals surface area contributed by atoms with Crippen LogP contribution in [0.5, 0.6) is 0 Å². The first kappa shape index (κ1) is 22.1. The van der Waals surface area contributed by atoms with E-state index in [0.29, 0.717) is 6.54 Å². The number of hydrogen-bond acceptors (Lipinski definition) is 5. The van der Waals surface area contributed by atoms with Crippen molar-refractivity contribution in [3.05, 3.63) is 35.9 Å². The van der Waals surface area contributed by atoms with Gasteiger partial charge in [0.15, 0.2) is 9.84 Å². The molecule has 0 radical (unpaired) electrons. The summed E-state index contributed by atoms with van der Waals surface area (Å²) >= 11 is 0. The number of hydrogen-bond donors (Lipinski definition) is 1. The smallest absolute Gasteiger partial charge is 0.318 e. The van der Waals surface area contributed by atoms with Gasteiger partial charge in [0.25, 0.3) is 0 Å². The van der Waals surface area contributed by atoms with Crippen molar-refractivity contribution in [1.29, 1.82) is 0 Å². The molecule has 9 heteroatoms. The molecule has 1 spiro atoms. The topological polar surface area (TPSA) is 90.0 Å². The lowest BCUT2D eigenvalue weighted by molar-refractivity contribution is -0.131. The van der Waals surface area contributed by atoms with E-state index in [1.165, 1.54) is 5.56 Å². The molecule has 1 aromatic carbocycles. The number of nitrogens with one attached hydrogen (secondary N) is 1. The van der Waals surface area contributed by atoms with Crippen molar-refractivity contribution < 1.29 is 18.0 Å². The van der Waals surface area contributed by atoms with Crippen LogP contribution in [0.3, 0.4) is 0 Å². The first-order valence-electron chi connectivity index (χ1n) is 10.9. The molecule has 2 heterocycles. The highest BCUT2D eigenvalue weighted by Crippen LogP contribution is 2.45. The van der Waals surface area contributed by atoms with Crippen LogP contribution in [0.25, 0.3) is 0 Å². The van der Waals surface area contributed by atoms with E-state index in [1.807, 2.05) is 6.07 Å². The predicted molar refractivity (Wildman–Crippen MR) is 118 cm³/mol. The summed E-state index contributed by atoms with van der Waals surface area (Å²) in [4.78, 5) is 30.8. The quantitative estimate of drug-likeness (QED) is 0.743. The molecule has 2 saturated heterocycles.